The summed E-state index contributed by atoms with van der Waals surface area (Å²) in [5.74, 6) is -2.57. The van der Waals surface area contributed by atoms with E-state index in [2.05, 4.69) is 0 Å². The van der Waals surface area contributed by atoms with Crippen LogP contribution >= 0.6 is 0 Å². The van der Waals surface area contributed by atoms with Crippen LogP contribution in [0.5, 0.6) is 5.75 Å². The number of rotatable bonds is 6. The quantitative estimate of drug-likeness (QED) is 0.847. The molecule has 0 unspecified atom stereocenters. The summed E-state index contributed by atoms with van der Waals surface area (Å²) in [6.45, 7) is -0.181. The molecule has 1 N–H and O–H groups in total. The normalized spacial score (nSPS) is 9.65. The minimum absolute atomic E-state index is 0.183. The fourth-order valence-corrected chi connectivity index (χ4v) is 1.38. The van der Waals surface area contributed by atoms with Crippen molar-refractivity contribution in [2.24, 2.45) is 0 Å². The lowest BCUT2D eigenvalue weighted by Gasteiger charge is -2.16. The number of likely N-dealkylation sites (N-methyl/N-ethyl adjacent to an activating group) is 1. The molecule has 7 heteroatoms. The maximum atomic E-state index is 13.1. The standard InChI is InChI=1S/C13H13FN2O4/c1-16(6-2-5-15)12(17)8-20-11-7-9(14)3-4-10(11)13(18)19/h3-4,7H,2,6,8H2,1H3,(H,18,19). The van der Waals surface area contributed by atoms with Gasteiger partial charge in [0.25, 0.3) is 5.91 Å². The molecule has 20 heavy (non-hydrogen) atoms. The van der Waals surface area contributed by atoms with Gasteiger partial charge in [0.15, 0.2) is 6.61 Å². The van der Waals surface area contributed by atoms with Gasteiger partial charge in [-0.2, -0.15) is 5.26 Å². The van der Waals surface area contributed by atoms with E-state index in [1.54, 1.807) is 0 Å². The molecule has 1 amide bonds. The lowest BCUT2D eigenvalue weighted by atomic mass is 10.2. The van der Waals surface area contributed by atoms with Crippen LogP contribution in [0.4, 0.5) is 4.39 Å². The number of carboxylic acids is 1. The van der Waals surface area contributed by atoms with Gasteiger partial charge in [0.05, 0.1) is 12.5 Å². The molecular formula is C13H13FN2O4. The van der Waals surface area contributed by atoms with Crippen molar-refractivity contribution >= 4 is 11.9 Å². The summed E-state index contributed by atoms with van der Waals surface area (Å²) in [5, 5.41) is 17.3. The molecular weight excluding hydrogens is 267 g/mol. The van der Waals surface area contributed by atoms with Crippen LogP contribution in [-0.2, 0) is 4.79 Å². The number of carbonyl (C=O) groups is 2. The van der Waals surface area contributed by atoms with E-state index in [1.165, 1.54) is 11.9 Å². The molecule has 1 aromatic carbocycles. The lowest BCUT2D eigenvalue weighted by Crippen LogP contribution is -2.32. The Morgan fingerprint density at radius 2 is 2.20 bits per heavy atom. The number of benzene rings is 1. The van der Waals surface area contributed by atoms with E-state index in [1.807, 2.05) is 6.07 Å². The van der Waals surface area contributed by atoms with Gasteiger partial charge in [0.1, 0.15) is 17.1 Å². The Morgan fingerprint density at radius 1 is 1.50 bits per heavy atom. The van der Waals surface area contributed by atoms with Crippen LogP contribution < -0.4 is 4.74 Å². The molecule has 6 nitrogen and oxygen atoms in total. The zero-order chi connectivity index (χ0) is 15.1. The van der Waals surface area contributed by atoms with E-state index < -0.39 is 24.3 Å². The number of nitriles is 1. The Morgan fingerprint density at radius 3 is 2.80 bits per heavy atom. The van der Waals surface area contributed by atoms with Crippen molar-refractivity contribution in [2.75, 3.05) is 20.2 Å². The van der Waals surface area contributed by atoms with Crippen molar-refractivity contribution in [1.29, 1.82) is 5.26 Å². The summed E-state index contributed by atoms with van der Waals surface area (Å²) in [6.07, 6.45) is 0.183. The second-order valence-electron chi connectivity index (χ2n) is 3.96. The molecule has 0 atom stereocenters. The molecule has 0 saturated carbocycles. The summed E-state index contributed by atoms with van der Waals surface area (Å²) >= 11 is 0. The first-order chi connectivity index (χ1) is 9.45. The van der Waals surface area contributed by atoms with E-state index in [0.717, 1.165) is 18.2 Å². The zero-order valence-corrected chi connectivity index (χ0v) is 10.8. The van der Waals surface area contributed by atoms with E-state index in [0.29, 0.717) is 0 Å². The van der Waals surface area contributed by atoms with Crippen LogP contribution in [0, 0.1) is 17.1 Å². The largest absolute Gasteiger partial charge is 0.483 e. The molecule has 0 aliphatic carbocycles. The van der Waals surface area contributed by atoms with Crippen LogP contribution in [-0.4, -0.2) is 42.1 Å². The molecule has 106 valence electrons. The van der Waals surface area contributed by atoms with Crippen LogP contribution in [0.2, 0.25) is 0 Å². The minimum Gasteiger partial charge on any atom is -0.483 e. The molecule has 0 aliphatic rings. The Balaban J connectivity index is 2.70. The third-order valence-corrected chi connectivity index (χ3v) is 2.51. The maximum absolute atomic E-state index is 13.1. The number of carboxylic acid groups (broad SMARTS) is 1. The van der Waals surface area contributed by atoms with E-state index >= 15 is 0 Å². The number of halogens is 1. The van der Waals surface area contributed by atoms with Crippen molar-refractivity contribution in [2.45, 2.75) is 6.42 Å². The van der Waals surface area contributed by atoms with Gasteiger partial charge in [-0.15, -0.1) is 0 Å². The summed E-state index contributed by atoms with van der Waals surface area (Å²) < 4.78 is 18.1. The fraction of sp³-hybridized carbons (Fsp3) is 0.308. The van der Waals surface area contributed by atoms with E-state index in [4.69, 9.17) is 15.1 Å². The SMILES string of the molecule is CN(CCC#N)C(=O)COc1cc(F)ccc1C(=O)O. The molecule has 0 heterocycles. The highest BCUT2D eigenvalue weighted by Gasteiger charge is 2.15. The number of amides is 1. The highest BCUT2D eigenvalue weighted by molar-refractivity contribution is 5.91. The Hall–Kier alpha value is -2.62. The molecule has 0 fully saturated rings. The van der Waals surface area contributed by atoms with Gasteiger partial charge in [0, 0.05) is 19.7 Å². The second-order valence-corrected chi connectivity index (χ2v) is 3.96. The molecule has 0 aromatic heterocycles. The van der Waals surface area contributed by atoms with Crippen molar-refractivity contribution in [3.63, 3.8) is 0 Å². The molecule has 1 rings (SSSR count). The maximum Gasteiger partial charge on any atom is 0.339 e. The highest BCUT2D eigenvalue weighted by atomic mass is 19.1. The van der Waals surface area contributed by atoms with Gasteiger partial charge in [-0.1, -0.05) is 0 Å². The molecule has 0 aliphatic heterocycles. The topological polar surface area (TPSA) is 90.6 Å². The molecule has 1 aromatic rings. The predicted molar refractivity (Wildman–Crippen MR) is 66.7 cm³/mol. The third kappa shape index (κ3) is 4.24. The monoisotopic (exact) mass is 280 g/mol. The number of nitrogens with zero attached hydrogens (tertiary/aromatic N) is 2. The van der Waals surface area contributed by atoms with E-state index in [9.17, 15) is 14.0 Å². The van der Waals surface area contributed by atoms with Gasteiger partial charge >= 0.3 is 5.97 Å². The second kappa shape index (κ2) is 7.09. The molecule has 0 bridgehead atoms. The third-order valence-electron chi connectivity index (χ3n) is 2.51. The molecule has 0 spiro atoms. The van der Waals surface area contributed by atoms with Crippen molar-refractivity contribution in [3.8, 4) is 11.8 Å². The predicted octanol–water partition coefficient (Wildman–Crippen LogP) is 1.27. The Kier molecular flexibility index (Phi) is 5.47. The molecule has 0 saturated heterocycles. The summed E-state index contributed by atoms with van der Waals surface area (Å²) in [4.78, 5) is 23.8. The lowest BCUT2D eigenvalue weighted by molar-refractivity contribution is -0.132. The number of ether oxygens (including phenoxy) is 1. The number of hydrogen-bond donors (Lipinski definition) is 1. The smallest absolute Gasteiger partial charge is 0.339 e. The first-order valence-electron chi connectivity index (χ1n) is 5.72. The fourth-order valence-electron chi connectivity index (χ4n) is 1.38. The zero-order valence-electron chi connectivity index (χ0n) is 10.8. The summed E-state index contributed by atoms with van der Waals surface area (Å²) in [6, 6.07) is 4.87. The minimum atomic E-state index is -1.27. The highest BCUT2D eigenvalue weighted by Crippen LogP contribution is 2.20. The van der Waals surface area contributed by atoms with Crippen LogP contribution in [0.3, 0.4) is 0 Å². The number of carbonyl (C=O) groups excluding carboxylic acids is 1. The number of hydrogen-bond acceptors (Lipinski definition) is 4. The summed E-state index contributed by atoms with van der Waals surface area (Å²) in [5.41, 5.74) is -0.223. The molecule has 0 radical (unpaired) electrons. The first kappa shape index (κ1) is 15.4. The van der Waals surface area contributed by atoms with Crippen molar-refractivity contribution in [1.82, 2.24) is 4.90 Å². The van der Waals surface area contributed by atoms with Crippen LogP contribution in [0.15, 0.2) is 18.2 Å². The van der Waals surface area contributed by atoms with Crippen molar-refractivity contribution < 1.29 is 23.8 Å². The van der Waals surface area contributed by atoms with Gasteiger partial charge < -0.3 is 14.7 Å². The van der Waals surface area contributed by atoms with Gasteiger partial charge in [-0.3, -0.25) is 4.79 Å². The van der Waals surface area contributed by atoms with Crippen LogP contribution in [0.25, 0.3) is 0 Å². The average molecular weight is 280 g/mol. The van der Waals surface area contributed by atoms with Gasteiger partial charge in [-0.25, -0.2) is 9.18 Å². The Labute approximate surface area is 115 Å². The van der Waals surface area contributed by atoms with E-state index in [-0.39, 0.29) is 24.3 Å². The first-order valence-corrected chi connectivity index (χ1v) is 5.72. The summed E-state index contributed by atoms with van der Waals surface area (Å²) in [7, 11) is 1.49. The van der Waals surface area contributed by atoms with Gasteiger partial charge in [0.2, 0.25) is 0 Å². The Bertz CT molecular complexity index is 554. The van der Waals surface area contributed by atoms with Gasteiger partial charge in [-0.05, 0) is 12.1 Å². The number of aromatic carboxylic acids is 1. The average Bonchev–Trinajstić information content (AvgIpc) is 2.41. The van der Waals surface area contributed by atoms with Crippen LogP contribution in [0.1, 0.15) is 16.8 Å². The van der Waals surface area contributed by atoms with Crippen molar-refractivity contribution in [3.05, 3.63) is 29.6 Å².